The van der Waals surface area contributed by atoms with Crippen molar-refractivity contribution in [3.8, 4) is 0 Å². The Bertz CT molecular complexity index is 399. The molecule has 4 N–H and O–H groups in total. The molecule has 1 aromatic carbocycles. The SMILES string of the molecule is Nc1ccc(C(O)C(O)CCl)cc1[N+](=O)[O-]. The number of nitrogens with zero attached hydrogens (tertiary/aromatic N) is 1. The van der Waals surface area contributed by atoms with Crippen molar-refractivity contribution in [3.63, 3.8) is 0 Å². The van der Waals surface area contributed by atoms with Gasteiger partial charge in [-0.2, -0.15) is 0 Å². The number of aliphatic hydroxyl groups is 2. The van der Waals surface area contributed by atoms with Gasteiger partial charge in [-0.25, -0.2) is 0 Å². The van der Waals surface area contributed by atoms with Gasteiger partial charge in [0.2, 0.25) is 0 Å². The van der Waals surface area contributed by atoms with Crippen molar-refractivity contribution in [1.29, 1.82) is 0 Å². The zero-order chi connectivity index (χ0) is 12.3. The first-order chi connectivity index (χ1) is 7.47. The fraction of sp³-hybridized carbons (Fsp3) is 0.333. The van der Waals surface area contributed by atoms with Crippen molar-refractivity contribution in [1.82, 2.24) is 0 Å². The second kappa shape index (κ2) is 5.11. The van der Waals surface area contributed by atoms with Gasteiger partial charge in [0.05, 0.1) is 16.9 Å². The fourth-order valence-corrected chi connectivity index (χ4v) is 1.38. The molecule has 0 radical (unpaired) electrons. The summed E-state index contributed by atoms with van der Waals surface area (Å²) < 4.78 is 0. The Kier molecular flexibility index (Phi) is 4.05. The van der Waals surface area contributed by atoms with Crippen LogP contribution < -0.4 is 5.73 Å². The molecule has 6 nitrogen and oxygen atoms in total. The van der Waals surface area contributed by atoms with Gasteiger partial charge in [0, 0.05) is 6.07 Å². The molecular weight excluding hydrogens is 236 g/mol. The third-order valence-corrected chi connectivity index (χ3v) is 2.43. The van der Waals surface area contributed by atoms with Gasteiger partial charge in [0.25, 0.3) is 5.69 Å². The van der Waals surface area contributed by atoms with Crippen LogP contribution in [0.15, 0.2) is 18.2 Å². The number of rotatable bonds is 4. The molecule has 88 valence electrons. The molecule has 2 unspecified atom stereocenters. The molecule has 7 heteroatoms. The highest BCUT2D eigenvalue weighted by atomic mass is 35.5. The minimum atomic E-state index is -1.27. The van der Waals surface area contributed by atoms with Gasteiger partial charge in [-0.15, -0.1) is 11.6 Å². The van der Waals surface area contributed by atoms with Crippen molar-refractivity contribution in [2.24, 2.45) is 0 Å². The Balaban J connectivity index is 3.07. The van der Waals surface area contributed by atoms with E-state index in [-0.39, 0.29) is 22.8 Å². The molecule has 1 aromatic rings. The molecule has 0 saturated heterocycles. The molecule has 2 atom stereocenters. The first kappa shape index (κ1) is 12.7. The van der Waals surface area contributed by atoms with E-state index in [1.54, 1.807) is 0 Å². The smallest absolute Gasteiger partial charge is 0.292 e. The van der Waals surface area contributed by atoms with E-state index in [1.807, 2.05) is 0 Å². The molecular formula is C9H11ClN2O4. The van der Waals surface area contributed by atoms with Gasteiger partial charge < -0.3 is 15.9 Å². The summed E-state index contributed by atoms with van der Waals surface area (Å²) in [5.74, 6) is -0.167. The van der Waals surface area contributed by atoms with Crippen LogP contribution in [-0.4, -0.2) is 27.1 Å². The summed E-state index contributed by atoms with van der Waals surface area (Å²) in [6, 6.07) is 3.83. The fourth-order valence-electron chi connectivity index (χ4n) is 1.21. The van der Waals surface area contributed by atoms with Crippen LogP contribution in [0.1, 0.15) is 11.7 Å². The average molecular weight is 247 g/mol. The molecule has 0 fully saturated rings. The predicted molar refractivity (Wildman–Crippen MR) is 59.2 cm³/mol. The van der Waals surface area contributed by atoms with Gasteiger partial charge >= 0.3 is 0 Å². The van der Waals surface area contributed by atoms with Crippen molar-refractivity contribution in [2.75, 3.05) is 11.6 Å². The summed E-state index contributed by atoms with van der Waals surface area (Å²) >= 11 is 5.36. The highest BCUT2D eigenvalue weighted by Gasteiger charge is 2.21. The van der Waals surface area contributed by atoms with Crippen LogP contribution in [0.4, 0.5) is 11.4 Å². The molecule has 16 heavy (non-hydrogen) atoms. The standard InChI is InChI=1S/C9H11ClN2O4/c10-4-8(13)9(14)5-1-2-6(11)7(3-5)12(15)16/h1-3,8-9,13-14H,4,11H2. The maximum Gasteiger partial charge on any atom is 0.292 e. The summed E-state index contributed by atoms with van der Waals surface area (Å²) in [5.41, 5.74) is 5.28. The van der Waals surface area contributed by atoms with Crippen LogP contribution in [0.3, 0.4) is 0 Å². The zero-order valence-electron chi connectivity index (χ0n) is 8.21. The number of halogens is 1. The second-order valence-corrected chi connectivity index (χ2v) is 3.55. The molecule has 0 aliphatic carbocycles. The molecule has 0 bridgehead atoms. The van der Waals surface area contributed by atoms with Crippen LogP contribution in [-0.2, 0) is 0 Å². The first-order valence-corrected chi connectivity index (χ1v) is 4.96. The highest BCUT2D eigenvalue weighted by molar-refractivity contribution is 6.18. The van der Waals surface area contributed by atoms with E-state index in [9.17, 15) is 20.3 Å². The molecule has 0 aliphatic rings. The van der Waals surface area contributed by atoms with Crippen LogP contribution in [0.2, 0.25) is 0 Å². The summed E-state index contributed by atoms with van der Waals surface area (Å²) in [5, 5.41) is 29.5. The zero-order valence-corrected chi connectivity index (χ0v) is 8.96. The minimum absolute atomic E-state index is 0.00122. The molecule has 1 rings (SSSR count). The number of hydrogen-bond donors (Lipinski definition) is 3. The Morgan fingerprint density at radius 3 is 2.62 bits per heavy atom. The van der Waals surface area contributed by atoms with E-state index < -0.39 is 17.1 Å². The number of hydrogen-bond acceptors (Lipinski definition) is 5. The van der Waals surface area contributed by atoms with Crippen LogP contribution in [0.25, 0.3) is 0 Å². The van der Waals surface area contributed by atoms with Crippen LogP contribution in [0, 0.1) is 10.1 Å². The lowest BCUT2D eigenvalue weighted by molar-refractivity contribution is -0.384. The summed E-state index contributed by atoms with van der Waals surface area (Å²) in [4.78, 5) is 9.94. The number of nitro benzene ring substituents is 1. The van der Waals surface area contributed by atoms with Crippen molar-refractivity contribution >= 4 is 23.0 Å². The Morgan fingerprint density at radius 2 is 2.12 bits per heavy atom. The van der Waals surface area contributed by atoms with E-state index in [0.717, 1.165) is 6.07 Å². The van der Waals surface area contributed by atoms with E-state index >= 15 is 0 Å². The summed E-state index contributed by atoms with van der Waals surface area (Å²) in [7, 11) is 0. The normalized spacial score (nSPS) is 14.4. The Labute approximate surface area is 96.4 Å². The van der Waals surface area contributed by atoms with Crippen molar-refractivity contribution in [3.05, 3.63) is 33.9 Å². The molecule has 0 amide bonds. The van der Waals surface area contributed by atoms with E-state index in [0.29, 0.717) is 0 Å². The number of alkyl halides is 1. The maximum atomic E-state index is 10.6. The Hall–Kier alpha value is -1.37. The van der Waals surface area contributed by atoms with Crippen LogP contribution in [0.5, 0.6) is 0 Å². The number of benzene rings is 1. The molecule has 0 aromatic heterocycles. The molecule has 0 heterocycles. The van der Waals surface area contributed by atoms with E-state index in [1.165, 1.54) is 12.1 Å². The second-order valence-electron chi connectivity index (χ2n) is 3.24. The Morgan fingerprint density at radius 1 is 1.50 bits per heavy atom. The van der Waals surface area contributed by atoms with Gasteiger partial charge in [0.15, 0.2) is 0 Å². The maximum absolute atomic E-state index is 10.6. The summed E-state index contributed by atoms with van der Waals surface area (Å²) in [6.07, 6.45) is -2.44. The predicted octanol–water partition coefficient (Wildman–Crippen LogP) is 0.810. The lowest BCUT2D eigenvalue weighted by atomic mass is 10.0. The largest absolute Gasteiger partial charge is 0.393 e. The summed E-state index contributed by atoms with van der Waals surface area (Å²) in [6.45, 7) is 0. The van der Waals surface area contributed by atoms with Gasteiger partial charge in [-0.05, 0) is 11.6 Å². The first-order valence-electron chi connectivity index (χ1n) is 4.43. The van der Waals surface area contributed by atoms with Gasteiger partial charge in [0.1, 0.15) is 11.8 Å². The van der Waals surface area contributed by atoms with Crippen molar-refractivity contribution in [2.45, 2.75) is 12.2 Å². The number of anilines is 1. The third-order valence-electron chi connectivity index (χ3n) is 2.12. The van der Waals surface area contributed by atoms with E-state index in [2.05, 4.69) is 0 Å². The average Bonchev–Trinajstić information content (AvgIpc) is 2.27. The quantitative estimate of drug-likeness (QED) is 0.315. The van der Waals surface area contributed by atoms with Crippen LogP contribution >= 0.6 is 11.6 Å². The lowest BCUT2D eigenvalue weighted by Crippen LogP contribution is -2.19. The lowest BCUT2D eigenvalue weighted by Gasteiger charge is -2.15. The number of aliphatic hydroxyl groups excluding tert-OH is 2. The van der Waals surface area contributed by atoms with Gasteiger partial charge in [-0.3, -0.25) is 10.1 Å². The molecule has 0 spiro atoms. The van der Waals surface area contributed by atoms with Gasteiger partial charge in [-0.1, -0.05) is 6.07 Å². The number of nitro groups is 1. The van der Waals surface area contributed by atoms with Crippen molar-refractivity contribution < 1.29 is 15.1 Å². The molecule has 0 aliphatic heterocycles. The highest BCUT2D eigenvalue weighted by Crippen LogP contribution is 2.27. The topological polar surface area (TPSA) is 110 Å². The number of nitrogen functional groups attached to an aromatic ring is 1. The molecule has 0 saturated carbocycles. The van der Waals surface area contributed by atoms with E-state index in [4.69, 9.17) is 17.3 Å². The number of nitrogens with two attached hydrogens (primary N) is 1. The minimum Gasteiger partial charge on any atom is -0.393 e. The monoisotopic (exact) mass is 246 g/mol. The third kappa shape index (κ3) is 2.60.